The molecule has 23 heavy (non-hydrogen) atoms. The molecule has 6 heteroatoms. The predicted molar refractivity (Wildman–Crippen MR) is 86.7 cm³/mol. The van der Waals surface area contributed by atoms with Gasteiger partial charge in [-0.1, -0.05) is 0 Å². The zero-order valence-electron chi connectivity index (χ0n) is 14.1. The summed E-state index contributed by atoms with van der Waals surface area (Å²) in [5.41, 5.74) is 3.50. The summed E-state index contributed by atoms with van der Waals surface area (Å²) >= 11 is 0. The topological polar surface area (TPSA) is 45.5 Å². The van der Waals surface area contributed by atoms with Crippen LogP contribution in [-0.2, 0) is 26.9 Å². The van der Waals surface area contributed by atoms with Crippen molar-refractivity contribution >= 4 is 12.7 Å². The zero-order valence-corrected chi connectivity index (χ0v) is 14.1. The van der Waals surface area contributed by atoms with Gasteiger partial charge in [0.05, 0.1) is 22.5 Å². The van der Waals surface area contributed by atoms with Crippen LogP contribution < -0.4 is 5.59 Å². The summed E-state index contributed by atoms with van der Waals surface area (Å²) in [6, 6.07) is 0. The van der Waals surface area contributed by atoms with Crippen LogP contribution in [0.3, 0.4) is 0 Å². The summed E-state index contributed by atoms with van der Waals surface area (Å²) in [5, 5.41) is 4.94. The molecule has 5 nitrogen and oxygen atoms in total. The quantitative estimate of drug-likeness (QED) is 0.784. The Labute approximate surface area is 137 Å². The molecular formula is C17H25BN2O3. The lowest BCUT2D eigenvalue weighted by atomic mass is 9.77. The monoisotopic (exact) mass is 316 g/mol. The Morgan fingerprint density at radius 3 is 2.61 bits per heavy atom. The van der Waals surface area contributed by atoms with E-state index in [4.69, 9.17) is 19.1 Å². The van der Waals surface area contributed by atoms with Gasteiger partial charge in [-0.2, -0.15) is 5.10 Å². The molecule has 0 bridgehead atoms. The van der Waals surface area contributed by atoms with Gasteiger partial charge in [0.25, 0.3) is 0 Å². The van der Waals surface area contributed by atoms with Crippen molar-refractivity contribution in [1.29, 1.82) is 0 Å². The first-order valence-corrected chi connectivity index (χ1v) is 9.17. The summed E-state index contributed by atoms with van der Waals surface area (Å²) in [6.07, 6.45) is 9.07. The molecule has 2 saturated heterocycles. The van der Waals surface area contributed by atoms with Gasteiger partial charge < -0.3 is 14.0 Å². The maximum atomic E-state index is 6.33. The highest BCUT2D eigenvalue weighted by atomic mass is 16.7. The molecule has 3 heterocycles. The van der Waals surface area contributed by atoms with E-state index >= 15 is 0 Å². The van der Waals surface area contributed by atoms with E-state index in [0.29, 0.717) is 0 Å². The summed E-state index contributed by atoms with van der Waals surface area (Å²) in [5.74, 6) is 0. The van der Waals surface area contributed by atoms with Crippen LogP contribution in [0, 0.1) is 0 Å². The van der Waals surface area contributed by atoms with Gasteiger partial charge in [0, 0.05) is 13.0 Å². The van der Waals surface area contributed by atoms with E-state index in [0.717, 1.165) is 44.3 Å². The molecule has 2 aliphatic heterocycles. The number of fused-ring (bicyclic) bond motifs is 2. The summed E-state index contributed by atoms with van der Waals surface area (Å²) < 4.78 is 20.8. The Kier molecular flexibility index (Phi) is 3.05. The minimum Gasteiger partial charge on any atom is -0.398 e. The van der Waals surface area contributed by atoms with E-state index in [1.165, 1.54) is 30.5 Å². The Morgan fingerprint density at radius 2 is 1.87 bits per heavy atom. The van der Waals surface area contributed by atoms with Crippen molar-refractivity contribution in [2.75, 3.05) is 6.61 Å². The third-order valence-electron chi connectivity index (χ3n) is 6.28. The first-order valence-electron chi connectivity index (χ1n) is 9.17. The van der Waals surface area contributed by atoms with E-state index in [-0.39, 0.29) is 24.5 Å². The fourth-order valence-corrected chi connectivity index (χ4v) is 4.52. The van der Waals surface area contributed by atoms with Crippen molar-refractivity contribution in [3.63, 3.8) is 0 Å². The van der Waals surface area contributed by atoms with Crippen molar-refractivity contribution < 1.29 is 14.0 Å². The fourth-order valence-electron chi connectivity index (χ4n) is 4.52. The maximum Gasteiger partial charge on any atom is 0.514 e. The molecule has 5 rings (SSSR count). The lowest BCUT2D eigenvalue weighted by Gasteiger charge is -2.26. The summed E-state index contributed by atoms with van der Waals surface area (Å²) in [7, 11) is -0.279. The largest absolute Gasteiger partial charge is 0.514 e. The first kappa shape index (κ1) is 14.5. The number of nitrogens with zero attached hydrogens (tertiary/aromatic N) is 2. The molecule has 0 amide bonds. The molecular weight excluding hydrogens is 291 g/mol. The Morgan fingerprint density at radius 1 is 1.09 bits per heavy atom. The van der Waals surface area contributed by atoms with Crippen molar-refractivity contribution in [1.82, 2.24) is 9.78 Å². The number of ether oxygens (including phenoxy) is 1. The molecule has 0 radical (unpaired) electrons. The van der Waals surface area contributed by atoms with Crippen LogP contribution in [-0.4, -0.2) is 34.7 Å². The Balaban J connectivity index is 1.54. The van der Waals surface area contributed by atoms with Crippen LogP contribution >= 0.6 is 0 Å². The molecule has 3 fully saturated rings. The molecule has 0 spiro atoms. The third kappa shape index (κ3) is 2.08. The molecule has 4 aliphatic rings. The molecule has 1 aromatic heterocycles. The molecule has 2 aliphatic carbocycles. The molecule has 3 unspecified atom stereocenters. The average Bonchev–Trinajstić information content (AvgIpc) is 2.86. The predicted octanol–water partition coefficient (Wildman–Crippen LogP) is 2.12. The summed E-state index contributed by atoms with van der Waals surface area (Å²) in [4.78, 5) is 0. The Hall–Kier alpha value is -0.845. The normalized spacial score (nSPS) is 39.2. The number of aryl methyl sites for hydroxylation is 1. The molecule has 124 valence electrons. The van der Waals surface area contributed by atoms with Crippen molar-refractivity contribution in [3.8, 4) is 0 Å². The van der Waals surface area contributed by atoms with E-state index in [2.05, 4.69) is 18.5 Å². The second kappa shape index (κ2) is 4.84. The minimum absolute atomic E-state index is 0.0501. The van der Waals surface area contributed by atoms with E-state index in [9.17, 15) is 0 Å². The van der Waals surface area contributed by atoms with Gasteiger partial charge in [0.2, 0.25) is 0 Å². The van der Waals surface area contributed by atoms with Gasteiger partial charge >= 0.3 is 7.12 Å². The highest BCUT2D eigenvalue weighted by molar-refractivity contribution is 6.62. The number of hydrogen-bond acceptors (Lipinski definition) is 4. The highest BCUT2D eigenvalue weighted by Gasteiger charge is 2.72. The van der Waals surface area contributed by atoms with Gasteiger partial charge in [0.15, 0.2) is 0 Å². The van der Waals surface area contributed by atoms with Gasteiger partial charge in [-0.05, 0) is 64.4 Å². The summed E-state index contributed by atoms with van der Waals surface area (Å²) in [6.45, 7) is 5.16. The first-order chi connectivity index (χ1) is 11.1. The van der Waals surface area contributed by atoms with Gasteiger partial charge in [0.1, 0.15) is 6.23 Å². The highest BCUT2D eigenvalue weighted by Crippen LogP contribution is 2.58. The van der Waals surface area contributed by atoms with Gasteiger partial charge in [-0.25, -0.2) is 4.68 Å². The maximum absolute atomic E-state index is 6.33. The standard InChI is InChI=1S/C17H25BN2O3/c1-16-11-17(16,2)23-18(22-16)15-12-7-3-4-8-13(12)19-20(15)14-9-5-6-10-21-14/h14H,3-11H2,1-2H3. The SMILES string of the molecule is CC12CC1(C)OB(c1c3c(nn1C1CCCCO1)CCCC3)O2. The van der Waals surface area contributed by atoms with Crippen molar-refractivity contribution in [2.45, 2.75) is 82.6 Å². The van der Waals surface area contributed by atoms with Crippen LogP contribution in [0.15, 0.2) is 0 Å². The average molecular weight is 316 g/mol. The van der Waals surface area contributed by atoms with E-state index < -0.39 is 0 Å². The van der Waals surface area contributed by atoms with Crippen LogP contribution in [0.5, 0.6) is 0 Å². The third-order valence-corrected chi connectivity index (χ3v) is 6.28. The van der Waals surface area contributed by atoms with Gasteiger partial charge in [-0.15, -0.1) is 0 Å². The molecule has 0 N–H and O–H groups in total. The number of hydrogen-bond donors (Lipinski definition) is 0. The van der Waals surface area contributed by atoms with Crippen LogP contribution in [0.25, 0.3) is 0 Å². The van der Waals surface area contributed by atoms with E-state index in [1.807, 2.05) is 0 Å². The lowest BCUT2D eigenvalue weighted by molar-refractivity contribution is -0.0382. The van der Waals surface area contributed by atoms with Gasteiger partial charge in [-0.3, -0.25) is 0 Å². The second-order valence-corrected chi connectivity index (χ2v) is 7.99. The fraction of sp³-hybridized carbons (Fsp3) is 0.824. The zero-order chi connectivity index (χ0) is 15.7. The number of aromatic nitrogens is 2. The number of rotatable bonds is 2. The smallest absolute Gasteiger partial charge is 0.398 e. The molecule has 1 saturated carbocycles. The molecule has 0 aromatic carbocycles. The minimum atomic E-state index is -0.279. The van der Waals surface area contributed by atoms with Crippen LogP contribution in [0.2, 0.25) is 0 Å². The molecule has 1 aromatic rings. The lowest BCUT2D eigenvalue weighted by Crippen LogP contribution is -2.45. The Bertz CT molecular complexity index is 626. The van der Waals surface area contributed by atoms with E-state index in [1.54, 1.807) is 0 Å². The molecule has 3 atom stereocenters. The van der Waals surface area contributed by atoms with Crippen LogP contribution in [0.1, 0.15) is 69.9 Å². The van der Waals surface area contributed by atoms with Crippen molar-refractivity contribution in [3.05, 3.63) is 11.3 Å². The second-order valence-electron chi connectivity index (χ2n) is 7.99. The van der Waals surface area contributed by atoms with Crippen LogP contribution in [0.4, 0.5) is 0 Å². The van der Waals surface area contributed by atoms with Crippen molar-refractivity contribution in [2.24, 2.45) is 0 Å².